The Hall–Kier alpha value is -1.98. The van der Waals surface area contributed by atoms with Crippen molar-refractivity contribution in [1.82, 2.24) is 0 Å². The van der Waals surface area contributed by atoms with Crippen molar-refractivity contribution in [2.24, 2.45) is 5.11 Å². The van der Waals surface area contributed by atoms with Crippen molar-refractivity contribution in [1.29, 1.82) is 0 Å². The molecule has 0 radical (unpaired) electrons. The monoisotopic (exact) mass is 465 g/mol. The molecular formula is C21H31N3O7Si. The van der Waals surface area contributed by atoms with Gasteiger partial charge in [0.25, 0.3) is 0 Å². The lowest BCUT2D eigenvalue weighted by Gasteiger charge is -2.49. The number of aliphatic hydroxyl groups excluding tert-OH is 1. The van der Waals surface area contributed by atoms with Gasteiger partial charge in [-0.2, -0.15) is 0 Å². The summed E-state index contributed by atoms with van der Waals surface area (Å²) in [6.45, 7) is 11.9. The Labute approximate surface area is 188 Å². The van der Waals surface area contributed by atoms with Crippen LogP contribution in [0.4, 0.5) is 0 Å². The fraction of sp³-hybridized carbons (Fsp3) is 0.667. The molecule has 0 saturated carbocycles. The summed E-state index contributed by atoms with van der Waals surface area (Å²) < 4.78 is 29.3. The van der Waals surface area contributed by atoms with Crippen molar-refractivity contribution < 1.29 is 33.3 Å². The average Bonchev–Trinajstić information content (AvgIpc) is 2.70. The van der Waals surface area contributed by atoms with E-state index in [0.29, 0.717) is 11.3 Å². The van der Waals surface area contributed by atoms with Crippen molar-refractivity contribution in [3.63, 3.8) is 0 Å². The minimum absolute atomic E-state index is 0.0952. The highest BCUT2D eigenvalue weighted by Gasteiger charge is 2.52. The third-order valence-electron chi connectivity index (χ3n) is 6.15. The van der Waals surface area contributed by atoms with Gasteiger partial charge in [0.2, 0.25) is 0 Å². The SMILES string of the molecule is CC(=O)Oc1ccc([C@@H]2OC[C@H]3O[C@@H](O[Si](C)(C)C(C)(C)C)[C@H](N=[N+]=[N-])[C@@H](O)[C@@H]3O2)cc1. The molecule has 1 N–H and O–H groups in total. The summed E-state index contributed by atoms with van der Waals surface area (Å²) in [6, 6.07) is 5.74. The Kier molecular flexibility index (Phi) is 7.30. The van der Waals surface area contributed by atoms with Crippen LogP contribution in [0, 0.1) is 0 Å². The van der Waals surface area contributed by atoms with Crippen LogP contribution < -0.4 is 4.74 Å². The highest BCUT2D eigenvalue weighted by atomic mass is 28.4. The van der Waals surface area contributed by atoms with Crippen molar-refractivity contribution in [2.45, 2.75) is 82.8 Å². The molecule has 10 nitrogen and oxygen atoms in total. The molecule has 11 heteroatoms. The quantitative estimate of drug-likeness (QED) is 0.175. The van der Waals surface area contributed by atoms with Gasteiger partial charge >= 0.3 is 5.97 Å². The van der Waals surface area contributed by atoms with Crippen LogP contribution in [0.15, 0.2) is 29.4 Å². The predicted molar refractivity (Wildman–Crippen MR) is 117 cm³/mol. The fourth-order valence-corrected chi connectivity index (χ4v) is 4.48. The lowest BCUT2D eigenvalue weighted by molar-refractivity contribution is -0.333. The number of hydrogen-bond donors (Lipinski definition) is 1. The number of carbonyl (C=O) groups excluding carboxylic acids is 1. The van der Waals surface area contributed by atoms with Gasteiger partial charge in [0.15, 0.2) is 20.9 Å². The van der Waals surface area contributed by atoms with Crippen LogP contribution in [-0.2, 0) is 23.4 Å². The van der Waals surface area contributed by atoms with E-state index in [1.54, 1.807) is 24.3 Å². The van der Waals surface area contributed by atoms with Gasteiger partial charge in [0.1, 0.15) is 24.0 Å². The van der Waals surface area contributed by atoms with Crippen molar-refractivity contribution in [3.8, 4) is 5.75 Å². The van der Waals surface area contributed by atoms with Crippen LogP contribution in [-0.4, -0.2) is 56.6 Å². The average molecular weight is 466 g/mol. The zero-order valence-corrected chi connectivity index (χ0v) is 20.2. The van der Waals surface area contributed by atoms with E-state index in [1.807, 2.05) is 0 Å². The number of aliphatic hydroxyl groups is 1. The molecule has 0 spiro atoms. The first kappa shape index (κ1) is 24.7. The second-order valence-corrected chi connectivity index (χ2v) is 14.3. The lowest BCUT2D eigenvalue weighted by Crippen LogP contribution is -2.63. The van der Waals surface area contributed by atoms with Crippen LogP contribution in [0.5, 0.6) is 5.75 Å². The van der Waals surface area contributed by atoms with Gasteiger partial charge in [-0.1, -0.05) is 38.0 Å². The van der Waals surface area contributed by atoms with E-state index in [2.05, 4.69) is 43.9 Å². The maximum Gasteiger partial charge on any atom is 0.308 e. The molecule has 2 saturated heterocycles. The normalized spacial score (nSPS) is 30.7. The zero-order valence-electron chi connectivity index (χ0n) is 19.2. The van der Waals surface area contributed by atoms with E-state index in [-0.39, 0.29) is 11.6 Å². The molecule has 6 atom stereocenters. The molecule has 2 fully saturated rings. The number of benzene rings is 1. The summed E-state index contributed by atoms with van der Waals surface area (Å²) >= 11 is 0. The summed E-state index contributed by atoms with van der Waals surface area (Å²) in [5.74, 6) is -0.00295. The maximum absolute atomic E-state index is 11.1. The second-order valence-electron chi connectivity index (χ2n) is 9.54. The summed E-state index contributed by atoms with van der Waals surface area (Å²) in [4.78, 5) is 14.0. The molecule has 2 aliphatic heterocycles. The van der Waals surface area contributed by atoms with Gasteiger partial charge in [0, 0.05) is 17.4 Å². The van der Waals surface area contributed by atoms with Crippen LogP contribution in [0.3, 0.4) is 0 Å². The molecule has 176 valence electrons. The van der Waals surface area contributed by atoms with E-state index in [9.17, 15) is 9.90 Å². The van der Waals surface area contributed by atoms with Gasteiger partial charge in [-0.05, 0) is 35.8 Å². The number of carbonyl (C=O) groups is 1. The van der Waals surface area contributed by atoms with Crippen LogP contribution in [0.25, 0.3) is 10.4 Å². The topological polar surface area (TPSA) is 132 Å². The Morgan fingerprint density at radius 2 is 1.91 bits per heavy atom. The van der Waals surface area contributed by atoms with Crippen molar-refractivity contribution in [2.75, 3.05) is 6.61 Å². The first-order valence-corrected chi connectivity index (χ1v) is 13.4. The predicted octanol–water partition coefficient (Wildman–Crippen LogP) is 3.81. The number of rotatable bonds is 5. The number of nitrogens with zero attached hydrogens (tertiary/aromatic N) is 3. The Morgan fingerprint density at radius 1 is 1.25 bits per heavy atom. The molecule has 3 rings (SSSR count). The van der Waals surface area contributed by atoms with E-state index in [1.165, 1.54) is 6.92 Å². The van der Waals surface area contributed by atoms with Crippen LogP contribution >= 0.6 is 0 Å². The molecule has 1 aromatic rings. The largest absolute Gasteiger partial charge is 0.427 e. The number of fused-ring (bicyclic) bond motifs is 1. The summed E-state index contributed by atoms with van der Waals surface area (Å²) in [6.07, 6.45) is -4.13. The Morgan fingerprint density at radius 3 is 2.47 bits per heavy atom. The molecule has 0 unspecified atom stereocenters. The molecule has 0 bridgehead atoms. The lowest BCUT2D eigenvalue weighted by atomic mass is 9.96. The fourth-order valence-electron chi connectivity index (χ4n) is 3.35. The molecular weight excluding hydrogens is 434 g/mol. The highest BCUT2D eigenvalue weighted by molar-refractivity contribution is 6.74. The molecule has 2 heterocycles. The van der Waals surface area contributed by atoms with E-state index >= 15 is 0 Å². The van der Waals surface area contributed by atoms with E-state index in [0.717, 1.165) is 0 Å². The third kappa shape index (κ3) is 5.32. The van der Waals surface area contributed by atoms with E-state index < -0.39 is 51.2 Å². The molecule has 0 amide bonds. The molecule has 1 aromatic carbocycles. The van der Waals surface area contributed by atoms with Gasteiger partial charge in [0.05, 0.1) is 12.7 Å². The van der Waals surface area contributed by atoms with Gasteiger partial charge in [-0.15, -0.1) is 0 Å². The maximum atomic E-state index is 11.1. The standard InChI is InChI=1S/C21H31N3O7Si/c1-12(25)28-14-9-7-13(8-10-14)19-27-11-15-18(30-19)17(26)16(23-24-22)20(29-15)31-32(5,6)21(2,3)4/h7-10,15-20,26H,11H2,1-6H3/t15-,16-,17-,18-,19-,20+/m1/s1. The van der Waals surface area contributed by atoms with Crippen molar-refractivity contribution >= 4 is 14.3 Å². The molecule has 32 heavy (non-hydrogen) atoms. The number of ether oxygens (including phenoxy) is 4. The third-order valence-corrected chi connectivity index (χ3v) is 10.6. The summed E-state index contributed by atoms with van der Waals surface area (Å²) in [7, 11) is -2.27. The first-order valence-electron chi connectivity index (χ1n) is 10.5. The zero-order chi connectivity index (χ0) is 23.7. The molecule has 0 aromatic heterocycles. The Balaban J connectivity index is 1.75. The van der Waals surface area contributed by atoms with Gasteiger partial charge in [-0.25, -0.2) is 0 Å². The van der Waals surface area contributed by atoms with Crippen molar-refractivity contribution in [3.05, 3.63) is 40.3 Å². The number of esters is 1. The highest BCUT2D eigenvalue weighted by Crippen LogP contribution is 2.41. The second kappa shape index (κ2) is 9.48. The Bertz CT molecular complexity index is 867. The van der Waals surface area contributed by atoms with Gasteiger partial charge < -0.3 is 28.5 Å². The molecule has 0 aliphatic carbocycles. The molecule has 2 aliphatic rings. The van der Waals surface area contributed by atoms with E-state index in [4.69, 9.17) is 28.9 Å². The summed E-state index contributed by atoms with van der Waals surface area (Å²) in [5, 5.41) is 14.7. The minimum atomic E-state index is -2.27. The number of hydrogen-bond acceptors (Lipinski definition) is 8. The minimum Gasteiger partial charge on any atom is -0.427 e. The summed E-state index contributed by atoms with van der Waals surface area (Å²) in [5.41, 5.74) is 9.76. The smallest absolute Gasteiger partial charge is 0.308 e. The van der Waals surface area contributed by atoms with Gasteiger partial charge in [-0.3, -0.25) is 4.79 Å². The van der Waals surface area contributed by atoms with Crippen LogP contribution in [0.2, 0.25) is 18.1 Å². The first-order chi connectivity index (χ1) is 14.9. The van der Waals surface area contributed by atoms with Crippen LogP contribution in [0.1, 0.15) is 39.5 Å². The number of azide groups is 1.